The van der Waals surface area contributed by atoms with Crippen molar-refractivity contribution in [3.8, 4) is 0 Å². The Morgan fingerprint density at radius 1 is 1.29 bits per heavy atom. The molecule has 2 rings (SSSR count). The summed E-state index contributed by atoms with van der Waals surface area (Å²) >= 11 is 0. The lowest BCUT2D eigenvalue weighted by Crippen LogP contribution is -1.97. The maximum Gasteiger partial charge on any atom is 0.354 e. The first kappa shape index (κ1) is 9.91. The molecule has 2 aromatic heterocycles. The van der Waals surface area contributed by atoms with Crippen LogP contribution >= 0.6 is 0 Å². The van der Waals surface area contributed by atoms with Gasteiger partial charge in [-0.25, -0.2) is 9.78 Å². The van der Waals surface area contributed by atoms with Gasteiger partial charge in [0.2, 0.25) is 0 Å². The Kier molecular flexibility index (Phi) is 3.87. The Morgan fingerprint density at radius 2 is 2.14 bits per heavy atom. The molecule has 0 aromatic carbocycles. The highest BCUT2D eigenvalue weighted by atomic mass is 16.4. The van der Waals surface area contributed by atoms with Crippen molar-refractivity contribution < 1.29 is 9.90 Å². The van der Waals surface area contributed by atoms with Gasteiger partial charge in [0.25, 0.3) is 0 Å². The lowest BCUT2D eigenvalue weighted by Gasteiger charge is -1.87. The zero-order valence-corrected chi connectivity index (χ0v) is 7.29. The summed E-state index contributed by atoms with van der Waals surface area (Å²) in [6.07, 6.45) is 4.91. The molecule has 0 fully saturated rings. The molecule has 72 valence electrons. The monoisotopic (exact) mass is 191 g/mol. The highest BCUT2D eigenvalue weighted by Gasteiger charge is 1.98. The van der Waals surface area contributed by atoms with Gasteiger partial charge in [-0.1, -0.05) is 6.07 Å². The van der Waals surface area contributed by atoms with Gasteiger partial charge in [-0.05, 0) is 18.2 Å². The summed E-state index contributed by atoms with van der Waals surface area (Å²) in [6.45, 7) is 0. The number of carbonyl (C=O) groups is 1. The highest BCUT2D eigenvalue weighted by molar-refractivity contribution is 5.85. The van der Waals surface area contributed by atoms with Crippen molar-refractivity contribution in [3.05, 3.63) is 48.5 Å². The number of pyridine rings is 1. The summed E-state index contributed by atoms with van der Waals surface area (Å²) in [6, 6.07) is 6.59. The molecule has 5 nitrogen and oxygen atoms in total. The Hall–Kier alpha value is -2.17. The van der Waals surface area contributed by atoms with E-state index in [0.29, 0.717) is 0 Å². The van der Waals surface area contributed by atoms with Crippen LogP contribution in [0.3, 0.4) is 0 Å². The molecule has 0 bridgehead atoms. The van der Waals surface area contributed by atoms with Crippen molar-refractivity contribution in [2.24, 2.45) is 0 Å². The van der Waals surface area contributed by atoms with Gasteiger partial charge in [-0.3, -0.25) is 5.10 Å². The molecule has 0 aliphatic heterocycles. The number of aromatic amines is 1. The number of carboxylic acids is 1. The van der Waals surface area contributed by atoms with E-state index in [1.165, 1.54) is 12.3 Å². The number of rotatable bonds is 1. The van der Waals surface area contributed by atoms with Crippen molar-refractivity contribution in [3.63, 3.8) is 0 Å². The second-order valence-electron chi connectivity index (χ2n) is 2.29. The van der Waals surface area contributed by atoms with Crippen LogP contribution in [0, 0.1) is 0 Å². The number of nitrogens with zero attached hydrogens (tertiary/aromatic N) is 2. The van der Waals surface area contributed by atoms with E-state index >= 15 is 0 Å². The SMILES string of the molecule is O=C(O)c1ccccn1.c1cn[nH]c1. The fourth-order valence-electron chi connectivity index (χ4n) is 0.704. The van der Waals surface area contributed by atoms with Crippen LogP contribution in [-0.4, -0.2) is 26.3 Å². The molecule has 0 spiro atoms. The Bertz CT molecular complexity index is 342. The van der Waals surface area contributed by atoms with E-state index in [0.717, 1.165) is 0 Å². The third kappa shape index (κ3) is 3.48. The molecular weight excluding hydrogens is 182 g/mol. The topological polar surface area (TPSA) is 78.9 Å². The van der Waals surface area contributed by atoms with E-state index in [-0.39, 0.29) is 5.69 Å². The van der Waals surface area contributed by atoms with Crippen molar-refractivity contribution in [2.45, 2.75) is 0 Å². The van der Waals surface area contributed by atoms with Crippen LogP contribution in [0.5, 0.6) is 0 Å². The van der Waals surface area contributed by atoms with Crippen LogP contribution in [0.1, 0.15) is 10.5 Å². The molecule has 2 N–H and O–H groups in total. The molecule has 0 saturated heterocycles. The third-order valence-corrected chi connectivity index (χ3v) is 1.29. The molecule has 0 amide bonds. The third-order valence-electron chi connectivity index (χ3n) is 1.29. The quantitative estimate of drug-likeness (QED) is 0.709. The minimum Gasteiger partial charge on any atom is -0.477 e. The summed E-state index contributed by atoms with van der Waals surface area (Å²) < 4.78 is 0. The fourth-order valence-corrected chi connectivity index (χ4v) is 0.704. The molecule has 2 heterocycles. The first-order valence-electron chi connectivity index (χ1n) is 3.89. The summed E-state index contributed by atoms with van der Waals surface area (Å²) in [5, 5.41) is 14.5. The molecule has 0 aliphatic carbocycles. The van der Waals surface area contributed by atoms with Gasteiger partial charge >= 0.3 is 5.97 Å². The van der Waals surface area contributed by atoms with Crippen LogP contribution in [0.4, 0.5) is 0 Å². The molecule has 0 saturated carbocycles. The van der Waals surface area contributed by atoms with Gasteiger partial charge in [0, 0.05) is 18.6 Å². The maximum absolute atomic E-state index is 10.1. The Balaban J connectivity index is 0.000000165. The number of aromatic nitrogens is 3. The van der Waals surface area contributed by atoms with E-state index in [4.69, 9.17) is 5.11 Å². The summed E-state index contributed by atoms with van der Waals surface area (Å²) in [4.78, 5) is 13.7. The highest BCUT2D eigenvalue weighted by Crippen LogP contribution is 1.90. The zero-order valence-electron chi connectivity index (χ0n) is 7.29. The van der Waals surface area contributed by atoms with E-state index in [2.05, 4.69) is 15.2 Å². The predicted molar refractivity (Wildman–Crippen MR) is 49.8 cm³/mol. The van der Waals surface area contributed by atoms with Crippen molar-refractivity contribution >= 4 is 5.97 Å². The minimum atomic E-state index is -0.990. The largest absolute Gasteiger partial charge is 0.477 e. The molecule has 0 atom stereocenters. The summed E-state index contributed by atoms with van der Waals surface area (Å²) in [7, 11) is 0. The second-order valence-corrected chi connectivity index (χ2v) is 2.29. The first-order chi connectivity index (χ1) is 6.80. The molecule has 14 heavy (non-hydrogen) atoms. The molecule has 0 unspecified atom stereocenters. The van der Waals surface area contributed by atoms with E-state index < -0.39 is 5.97 Å². The predicted octanol–water partition coefficient (Wildman–Crippen LogP) is 1.19. The van der Waals surface area contributed by atoms with Crippen molar-refractivity contribution in [2.75, 3.05) is 0 Å². The van der Waals surface area contributed by atoms with E-state index in [1.807, 2.05) is 6.07 Å². The molecule has 2 aromatic rings. The van der Waals surface area contributed by atoms with Crippen molar-refractivity contribution in [1.29, 1.82) is 0 Å². The van der Waals surface area contributed by atoms with Crippen LogP contribution in [0.2, 0.25) is 0 Å². The summed E-state index contributed by atoms with van der Waals surface area (Å²) in [5.41, 5.74) is 0.0810. The summed E-state index contributed by atoms with van der Waals surface area (Å²) in [5.74, 6) is -0.990. The Labute approximate surface area is 80.4 Å². The van der Waals surface area contributed by atoms with E-state index in [1.54, 1.807) is 24.5 Å². The number of aromatic carboxylic acids is 1. The second kappa shape index (κ2) is 5.47. The average Bonchev–Trinajstić information content (AvgIpc) is 2.77. The number of nitrogens with one attached hydrogen (secondary N) is 1. The van der Waals surface area contributed by atoms with Gasteiger partial charge in [0.05, 0.1) is 0 Å². The molecule has 0 aliphatic rings. The van der Waals surface area contributed by atoms with E-state index in [9.17, 15) is 4.79 Å². The lowest BCUT2D eigenvalue weighted by atomic mass is 10.4. The molecular formula is C9H9N3O2. The van der Waals surface area contributed by atoms with Crippen LogP contribution < -0.4 is 0 Å². The smallest absolute Gasteiger partial charge is 0.354 e. The normalized spacial score (nSPS) is 8.57. The van der Waals surface area contributed by atoms with Gasteiger partial charge in [0.1, 0.15) is 5.69 Å². The zero-order chi connectivity index (χ0) is 10.2. The van der Waals surface area contributed by atoms with Gasteiger partial charge < -0.3 is 5.11 Å². The molecule has 0 radical (unpaired) electrons. The number of H-pyrrole nitrogens is 1. The van der Waals surface area contributed by atoms with Crippen LogP contribution in [0.25, 0.3) is 0 Å². The fraction of sp³-hybridized carbons (Fsp3) is 0. The minimum absolute atomic E-state index is 0.0810. The standard InChI is InChI=1S/C6H5NO2.C3H4N2/c8-6(9)5-3-1-2-4-7-5;1-2-4-5-3-1/h1-4H,(H,8,9);1-3H,(H,4,5). The van der Waals surface area contributed by atoms with Crippen LogP contribution in [-0.2, 0) is 0 Å². The number of carboxylic acid groups (broad SMARTS) is 1. The van der Waals surface area contributed by atoms with Crippen LogP contribution in [0.15, 0.2) is 42.9 Å². The van der Waals surface area contributed by atoms with Gasteiger partial charge in [0.15, 0.2) is 0 Å². The number of hydrogen-bond donors (Lipinski definition) is 2. The number of hydrogen-bond acceptors (Lipinski definition) is 3. The average molecular weight is 191 g/mol. The molecule has 5 heteroatoms. The maximum atomic E-state index is 10.1. The van der Waals surface area contributed by atoms with Gasteiger partial charge in [-0.15, -0.1) is 0 Å². The Morgan fingerprint density at radius 3 is 2.43 bits per heavy atom. The van der Waals surface area contributed by atoms with Crippen molar-refractivity contribution in [1.82, 2.24) is 15.2 Å². The lowest BCUT2D eigenvalue weighted by molar-refractivity contribution is 0.0690. The van der Waals surface area contributed by atoms with Gasteiger partial charge in [-0.2, -0.15) is 5.10 Å². The first-order valence-corrected chi connectivity index (χ1v) is 3.89.